The lowest BCUT2D eigenvalue weighted by molar-refractivity contribution is -0.126. The predicted octanol–water partition coefficient (Wildman–Crippen LogP) is 4.50. The van der Waals surface area contributed by atoms with Crippen LogP contribution in [0.25, 0.3) is 17.7 Å². The molecular weight excluding hydrogens is 358 g/mol. The van der Waals surface area contributed by atoms with Gasteiger partial charge in [-0.1, -0.05) is 13.8 Å². The van der Waals surface area contributed by atoms with E-state index in [0.29, 0.717) is 41.7 Å². The fraction of sp³-hybridized carbons (Fsp3) is 0.381. The molecule has 4 rings (SSSR count). The standard InChI is InChI=1S/C21H23N3O4/c1-3-10-24(13-19-22-23-21(28-19)18-5-4-11-26-18)20(25)9-7-15-6-8-17(27-15)16-12-14(16)2/h4-9,11,14,16H,3,10,12-13H2,1-2H3/b9-7+. The highest BCUT2D eigenvalue weighted by molar-refractivity contribution is 5.91. The maximum absolute atomic E-state index is 12.6. The fourth-order valence-corrected chi connectivity index (χ4v) is 3.15. The van der Waals surface area contributed by atoms with Crippen molar-refractivity contribution in [1.82, 2.24) is 15.1 Å². The summed E-state index contributed by atoms with van der Waals surface area (Å²) in [5, 5.41) is 7.99. The molecule has 1 aliphatic rings. The van der Waals surface area contributed by atoms with Crippen molar-refractivity contribution in [2.24, 2.45) is 5.92 Å². The van der Waals surface area contributed by atoms with Gasteiger partial charge in [0.1, 0.15) is 11.5 Å². The number of nitrogens with zero attached hydrogens (tertiary/aromatic N) is 3. The average Bonchev–Trinajstić information content (AvgIpc) is 3.20. The summed E-state index contributed by atoms with van der Waals surface area (Å²) in [7, 11) is 0. The Hall–Kier alpha value is -3.09. The molecule has 0 saturated heterocycles. The van der Waals surface area contributed by atoms with Crippen molar-refractivity contribution >= 4 is 12.0 Å². The van der Waals surface area contributed by atoms with Crippen molar-refractivity contribution < 1.29 is 18.0 Å². The molecule has 3 heterocycles. The highest BCUT2D eigenvalue weighted by Gasteiger charge is 2.36. The van der Waals surface area contributed by atoms with Crippen LogP contribution < -0.4 is 0 Å². The molecule has 2 unspecified atom stereocenters. The van der Waals surface area contributed by atoms with Gasteiger partial charge in [0.2, 0.25) is 11.8 Å². The van der Waals surface area contributed by atoms with Crippen LogP contribution in [-0.2, 0) is 11.3 Å². The van der Waals surface area contributed by atoms with Gasteiger partial charge in [-0.15, -0.1) is 10.2 Å². The van der Waals surface area contributed by atoms with Crippen molar-refractivity contribution in [3.63, 3.8) is 0 Å². The van der Waals surface area contributed by atoms with E-state index in [4.69, 9.17) is 13.3 Å². The average molecular weight is 381 g/mol. The topological polar surface area (TPSA) is 85.5 Å². The van der Waals surface area contributed by atoms with Crippen LogP contribution in [-0.4, -0.2) is 27.5 Å². The minimum Gasteiger partial charge on any atom is -0.461 e. The normalized spacial score (nSPS) is 18.6. The van der Waals surface area contributed by atoms with Gasteiger partial charge in [0.05, 0.1) is 12.8 Å². The lowest BCUT2D eigenvalue weighted by Crippen LogP contribution is -2.29. The summed E-state index contributed by atoms with van der Waals surface area (Å²) in [6.07, 6.45) is 6.77. The molecule has 7 nitrogen and oxygen atoms in total. The van der Waals surface area contributed by atoms with Crippen LogP contribution in [0.1, 0.15) is 50.0 Å². The first kappa shape index (κ1) is 18.3. The first-order valence-electron chi connectivity index (χ1n) is 9.57. The van der Waals surface area contributed by atoms with Gasteiger partial charge in [-0.05, 0) is 49.1 Å². The third-order valence-corrected chi connectivity index (χ3v) is 4.84. The molecule has 1 fully saturated rings. The summed E-state index contributed by atoms with van der Waals surface area (Å²) in [5.41, 5.74) is 0. The molecular formula is C21H23N3O4. The summed E-state index contributed by atoms with van der Waals surface area (Å²) in [6, 6.07) is 7.40. The first-order valence-corrected chi connectivity index (χ1v) is 9.57. The molecule has 7 heteroatoms. The van der Waals surface area contributed by atoms with Gasteiger partial charge in [0.15, 0.2) is 5.76 Å². The minimum atomic E-state index is -0.127. The molecule has 0 bridgehead atoms. The number of amides is 1. The van der Waals surface area contributed by atoms with Gasteiger partial charge in [0, 0.05) is 18.5 Å². The smallest absolute Gasteiger partial charge is 0.283 e. The SMILES string of the molecule is CCCN(Cc1nnc(-c2ccco2)o1)C(=O)/C=C/c1ccc(C2CC2C)o1. The van der Waals surface area contributed by atoms with E-state index in [1.807, 2.05) is 19.1 Å². The lowest BCUT2D eigenvalue weighted by Gasteiger charge is -2.18. The molecule has 0 spiro atoms. The number of aromatic nitrogens is 2. The molecule has 1 amide bonds. The first-order chi connectivity index (χ1) is 13.6. The van der Waals surface area contributed by atoms with Crippen molar-refractivity contribution in [2.75, 3.05) is 6.54 Å². The zero-order chi connectivity index (χ0) is 19.5. The van der Waals surface area contributed by atoms with Crippen LogP contribution in [0.3, 0.4) is 0 Å². The molecule has 146 valence electrons. The summed E-state index contributed by atoms with van der Waals surface area (Å²) >= 11 is 0. The van der Waals surface area contributed by atoms with Gasteiger partial charge in [-0.3, -0.25) is 4.79 Å². The van der Waals surface area contributed by atoms with E-state index in [0.717, 1.165) is 12.2 Å². The van der Waals surface area contributed by atoms with Crippen molar-refractivity contribution in [1.29, 1.82) is 0 Å². The maximum atomic E-state index is 12.6. The Morgan fingerprint density at radius 3 is 2.86 bits per heavy atom. The minimum absolute atomic E-state index is 0.127. The Bertz CT molecular complexity index is 954. The molecule has 0 radical (unpaired) electrons. The number of rotatable bonds is 8. The monoisotopic (exact) mass is 381 g/mol. The van der Waals surface area contributed by atoms with Crippen molar-refractivity contribution in [3.05, 3.63) is 54.0 Å². The summed E-state index contributed by atoms with van der Waals surface area (Å²) in [4.78, 5) is 14.3. The zero-order valence-corrected chi connectivity index (χ0v) is 16.0. The molecule has 0 aliphatic heterocycles. The van der Waals surface area contributed by atoms with Gasteiger partial charge >= 0.3 is 0 Å². The molecule has 3 aromatic rings. The summed E-state index contributed by atoms with van der Waals surface area (Å²) in [5.74, 6) is 3.95. The molecule has 3 aromatic heterocycles. The lowest BCUT2D eigenvalue weighted by atomic mass is 10.3. The highest BCUT2D eigenvalue weighted by atomic mass is 16.4. The number of carbonyl (C=O) groups is 1. The van der Waals surface area contributed by atoms with E-state index in [1.165, 1.54) is 12.5 Å². The molecule has 0 aromatic carbocycles. The Balaban J connectivity index is 1.40. The van der Waals surface area contributed by atoms with Crippen LogP contribution in [0, 0.1) is 5.92 Å². The largest absolute Gasteiger partial charge is 0.461 e. The quantitative estimate of drug-likeness (QED) is 0.534. The van der Waals surface area contributed by atoms with Gasteiger partial charge in [0.25, 0.3) is 5.89 Å². The third kappa shape index (κ3) is 4.08. The molecule has 1 saturated carbocycles. The van der Waals surface area contributed by atoms with E-state index < -0.39 is 0 Å². The van der Waals surface area contributed by atoms with Crippen LogP contribution in [0.5, 0.6) is 0 Å². The number of hydrogen-bond donors (Lipinski definition) is 0. The Morgan fingerprint density at radius 1 is 1.29 bits per heavy atom. The zero-order valence-electron chi connectivity index (χ0n) is 16.0. The second-order valence-corrected chi connectivity index (χ2v) is 7.13. The predicted molar refractivity (Wildman–Crippen MR) is 102 cm³/mol. The highest BCUT2D eigenvalue weighted by Crippen LogP contribution is 2.47. The number of furan rings is 2. The maximum Gasteiger partial charge on any atom is 0.283 e. The van der Waals surface area contributed by atoms with Crippen LogP contribution >= 0.6 is 0 Å². The molecule has 1 aliphatic carbocycles. The number of hydrogen-bond acceptors (Lipinski definition) is 6. The van der Waals surface area contributed by atoms with E-state index in [9.17, 15) is 4.79 Å². The number of carbonyl (C=O) groups excluding carboxylic acids is 1. The Kier molecular flexibility index (Phi) is 5.14. The van der Waals surface area contributed by atoms with E-state index in [2.05, 4.69) is 17.1 Å². The van der Waals surface area contributed by atoms with Crippen LogP contribution in [0.2, 0.25) is 0 Å². The third-order valence-electron chi connectivity index (χ3n) is 4.84. The Labute approximate surface area is 163 Å². The van der Waals surface area contributed by atoms with Crippen molar-refractivity contribution in [2.45, 2.75) is 39.2 Å². The Morgan fingerprint density at radius 2 is 2.14 bits per heavy atom. The van der Waals surface area contributed by atoms with Gasteiger partial charge in [-0.25, -0.2) is 0 Å². The summed E-state index contributed by atoms with van der Waals surface area (Å²) in [6.45, 7) is 5.06. The molecule has 0 N–H and O–H groups in total. The van der Waals surface area contributed by atoms with Crippen LogP contribution in [0.4, 0.5) is 0 Å². The van der Waals surface area contributed by atoms with Crippen LogP contribution in [0.15, 0.2) is 49.9 Å². The molecule has 2 atom stereocenters. The van der Waals surface area contributed by atoms with E-state index >= 15 is 0 Å². The van der Waals surface area contributed by atoms with E-state index in [1.54, 1.807) is 29.4 Å². The fourth-order valence-electron chi connectivity index (χ4n) is 3.15. The van der Waals surface area contributed by atoms with E-state index in [-0.39, 0.29) is 12.5 Å². The second-order valence-electron chi connectivity index (χ2n) is 7.13. The van der Waals surface area contributed by atoms with Gasteiger partial charge < -0.3 is 18.2 Å². The molecule has 28 heavy (non-hydrogen) atoms. The van der Waals surface area contributed by atoms with Gasteiger partial charge in [-0.2, -0.15) is 0 Å². The van der Waals surface area contributed by atoms with Crippen molar-refractivity contribution in [3.8, 4) is 11.7 Å². The summed E-state index contributed by atoms with van der Waals surface area (Å²) < 4.78 is 16.7. The second kappa shape index (κ2) is 7.88.